The molecule has 0 aromatic carbocycles. The van der Waals surface area contributed by atoms with Gasteiger partial charge in [0.1, 0.15) is 4.88 Å². The Labute approximate surface area is 148 Å². The quantitative estimate of drug-likeness (QED) is 0.647. The molecule has 1 saturated carbocycles. The molecule has 1 aromatic rings. The lowest BCUT2D eigenvalue weighted by molar-refractivity contribution is 0.0606. The van der Waals surface area contributed by atoms with Crippen LogP contribution in [-0.2, 0) is 4.74 Å². The number of allylic oxidation sites excluding steroid dienone is 1. The molecule has 1 aliphatic rings. The van der Waals surface area contributed by atoms with Crippen molar-refractivity contribution in [1.82, 2.24) is 0 Å². The van der Waals surface area contributed by atoms with Gasteiger partial charge in [0.05, 0.1) is 18.1 Å². The van der Waals surface area contributed by atoms with Gasteiger partial charge in [-0.2, -0.15) is 0 Å². The molecule has 0 saturated heterocycles. The van der Waals surface area contributed by atoms with Crippen LogP contribution < -0.4 is 0 Å². The van der Waals surface area contributed by atoms with Crippen LogP contribution in [0.1, 0.15) is 66.6 Å². The summed E-state index contributed by atoms with van der Waals surface area (Å²) in [5, 5.41) is 9.59. The summed E-state index contributed by atoms with van der Waals surface area (Å²) in [5.74, 6) is 6.51. The number of rotatable bonds is 3. The van der Waals surface area contributed by atoms with Crippen molar-refractivity contribution in [2.24, 2.45) is 11.3 Å². The smallest absolute Gasteiger partial charge is 0.348 e. The molecule has 2 rings (SSSR count). The molecule has 4 heteroatoms. The van der Waals surface area contributed by atoms with Crippen molar-refractivity contribution in [1.29, 1.82) is 0 Å². The summed E-state index contributed by atoms with van der Waals surface area (Å²) in [6.07, 6.45) is 7.70. The minimum atomic E-state index is -0.317. The van der Waals surface area contributed by atoms with E-state index in [0.29, 0.717) is 10.8 Å². The summed E-state index contributed by atoms with van der Waals surface area (Å²) in [6, 6.07) is 1.96. The van der Waals surface area contributed by atoms with Crippen molar-refractivity contribution in [3.05, 3.63) is 27.5 Å². The second-order valence-corrected chi connectivity index (χ2v) is 8.37. The fourth-order valence-corrected chi connectivity index (χ4v) is 3.54. The van der Waals surface area contributed by atoms with Gasteiger partial charge >= 0.3 is 5.97 Å². The number of methoxy groups -OCH3 is 1. The maximum Gasteiger partial charge on any atom is 0.348 e. The maximum atomic E-state index is 12.0. The standard InChI is InChI=1S/C20H26O3S/c1-20(2,3)12-11-17-13-15(18(24-17)19(22)23-4)8-5-14-6-9-16(21)10-7-14/h5,8,13-14,16,21H,6-7,9-10H2,1-4H3/b8-5-/t14-,16-. The Bertz CT molecular complexity index is 659. The molecule has 1 aromatic heterocycles. The van der Waals surface area contributed by atoms with Gasteiger partial charge in [-0.15, -0.1) is 11.3 Å². The van der Waals surface area contributed by atoms with Crippen molar-refractivity contribution >= 4 is 23.4 Å². The minimum Gasteiger partial charge on any atom is -0.465 e. The third-order valence-corrected chi connectivity index (χ3v) is 5.03. The zero-order valence-corrected chi connectivity index (χ0v) is 15.7. The Hall–Kier alpha value is -1.57. The van der Waals surface area contributed by atoms with E-state index in [1.807, 2.05) is 12.1 Å². The summed E-state index contributed by atoms with van der Waals surface area (Å²) >= 11 is 1.38. The third kappa shape index (κ3) is 5.51. The van der Waals surface area contributed by atoms with Gasteiger partial charge in [0.15, 0.2) is 0 Å². The van der Waals surface area contributed by atoms with E-state index in [9.17, 15) is 9.90 Å². The van der Waals surface area contributed by atoms with Crippen LogP contribution in [0.2, 0.25) is 0 Å². The van der Waals surface area contributed by atoms with E-state index in [1.54, 1.807) is 0 Å². The first-order chi connectivity index (χ1) is 11.3. The molecular weight excluding hydrogens is 320 g/mol. The topological polar surface area (TPSA) is 46.5 Å². The first-order valence-corrected chi connectivity index (χ1v) is 9.22. The number of carbonyl (C=O) groups is 1. The van der Waals surface area contributed by atoms with Crippen LogP contribution in [0.15, 0.2) is 12.1 Å². The molecule has 0 radical (unpaired) electrons. The number of hydrogen-bond acceptors (Lipinski definition) is 4. The largest absolute Gasteiger partial charge is 0.465 e. The summed E-state index contributed by atoms with van der Waals surface area (Å²) in [7, 11) is 1.40. The molecule has 1 heterocycles. The first-order valence-electron chi connectivity index (χ1n) is 8.40. The molecule has 3 nitrogen and oxygen atoms in total. The van der Waals surface area contributed by atoms with E-state index >= 15 is 0 Å². The first kappa shape index (κ1) is 18.8. The average Bonchev–Trinajstić information content (AvgIpc) is 2.94. The second kappa shape index (κ2) is 8.00. The third-order valence-electron chi connectivity index (χ3n) is 3.98. The average molecular weight is 346 g/mol. The number of hydrogen-bond donors (Lipinski definition) is 1. The molecule has 130 valence electrons. The van der Waals surface area contributed by atoms with Crippen molar-refractivity contribution < 1.29 is 14.6 Å². The van der Waals surface area contributed by atoms with Gasteiger partial charge in [-0.1, -0.05) is 24.0 Å². The van der Waals surface area contributed by atoms with Gasteiger partial charge < -0.3 is 9.84 Å². The van der Waals surface area contributed by atoms with Gasteiger partial charge in [-0.25, -0.2) is 4.79 Å². The van der Waals surface area contributed by atoms with E-state index in [4.69, 9.17) is 4.74 Å². The highest BCUT2D eigenvalue weighted by atomic mass is 32.1. The number of thiophene rings is 1. The molecule has 1 fully saturated rings. The molecule has 0 unspecified atom stereocenters. The fourth-order valence-electron chi connectivity index (χ4n) is 2.63. The van der Waals surface area contributed by atoms with Gasteiger partial charge in [-0.05, 0) is 58.4 Å². The van der Waals surface area contributed by atoms with Gasteiger partial charge in [0.2, 0.25) is 0 Å². The molecule has 0 atom stereocenters. The van der Waals surface area contributed by atoms with E-state index < -0.39 is 0 Å². The summed E-state index contributed by atoms with van der Waals surface area (Å²) in [5.41, 5.74) is 0.796. The lowest BCUT2D eigenvalue weighted by Crippen LogP contribution is -2.16. The van der Waals surface area contributed by atoms with Crippen LogP contribution in [0.5, 0.6) is 0 Å². The van der Waals surface area contributed by atoms with Crippen LogP contribution in [0.4, 0.5) is 0 Å². The molecule has 24 heavy (non-hydrogen) atoms. The van der Waals surface area contributed by atoms with Crippen molar-refractivity contribution in [3.8, 4) is 11.8 Å². The van der Waals surface area contributed by atoms with Crippen LogP contribution >= 0.6 is 11.3 Å². The minimum absolute atomic E-state index is 0.0750. The Morgan fingerprint density at radius 2 is 2.00 bits per heavy atom. The highest BCUT2D eigenvalue weighted by Crippen LogP contribution is 2.29. The maximum absolute atomic E-state index is 12.0. The normalized spacial score (nSPS) is 21.4. The monoisotopic (exact) mass is 346 g/mol. The van der Waals surface area contributed by atoms with Gasteiger partial charge in [-0.3, -0.25) is 0 Å². The molecule has 0 aliphatic heterocycles. The highest BCUT2D eigenvalue weighted by molar-refractivity contribution is 7.14. The Balaban J connectivity index is 2.21. The Morgan fingerprint density at radius 1 is 1.33 bits per heavy atom. The predicted octanol–water partition coefficient (Wildman–Crippen LogP) is 4.50. The van der Waals surface area contributed by atoms with Crippen LogP contribution in [0.3, 0.4) is 0 Å². The Kier molecular flexibility index (Phi) is 6.26. The van der Waals surface area contributed by atoms with Crippen molar-refractivity contribution in [2.75, 3.05) is 7.11 Å². The van der Waals surface area contributed by atoms with E-state index in [-0.39, 0.29) is 17.5 Å². The zero-order chi connectivity index (χ0) is 17.7. The summed E-state index contributed by atoms with van der Waals surface area (Å²) in [4.78, 5) is 13.5. The van der Waals surface area contributed by atoms with Crippen molar-refractivity contribution in [3.63, 3.8) is 0 Å². The van der Waals surface area contributed by atoms with E-state index in [0.717, 1.165) is 36.1 Å². The number of esters is 1. The van der Waals surface area contributed by atoms with Crippen LogP contribution in [-0.4, -0.2) is 24.3 Å². The fraction of sp³-hybridized carbons (Fsp3) is 0.550. The number of aliphatic hydroxyl groups excluding tert-OH is 1. The highest BCUT2D eigenvalue weighted by Gasteiger charge is 2.18. The summed E-state index contributed by atoms with van der Waals surface area (Å²) in [6.45, 7) is 6.19. The zero-order valence-electron chi connectivity index (χ0n) is 14.9. The lowest BCUT2D eigenvalue weighted by atomic mass is 9.87. The lowest BCUT2D eigenvalue weighted by Gasteiger charge is -2.22. The van der Waals surface area contributed by atoms with E-state index in [1.165, 1.54) is 18.4 Å². The second-order valence-electron chi connectivity index (χ2n) is 7.31. The van der Waals surface area contributed by atoms with Gasteiger partial charge in [0.25, 0.3) is 0 Å². The SMILES string of the molecule is COC(=O)c1sc(C#CC(C)(C)C)cc1/C=C\[C@H]1CC[C@H](O)CC1. The van der Waals surface area contributed by atoms with Crippen LogP contribution in [0, 0.1) is 23.2 Å². The molecular formula is C20H26O3S. The predicted molar refractivity (Wildman–Crippen MR) is 99.0 cm³/mol. The number of carbonyl (C=O) groups excluding carboxylic acids is 1. The number of ether oxygens (including phenoxy) is 1. The van der Waals surface area contributed by atoms with Crippen LogP contribution in [0.25, 0.3) is 6.08 Å². The number of aliphatic hydroxyl groups is 1. The molecule has 1 aliphatic carbocycles. The van der Waals surface area contributed by atoms with Crippen molar-refractivity contribution in [2.45, 2.75) is 52.6 Å². The molecule has 0 amide bonds. The van der Waals surface area contributed by atoms with Gasteiger partial charge in [0, 0.05) is 11.0 Å². The summed E-state index contributed by atoms with van der Waals surface area (Å²) < 4.78 is 4.90. The molecule has 1 N–H and O–H groups in total. The Morgan fingerprint density at radius 3 is 2.58 bits per heavy atom. The molecule has 0 bridgehead atoms. The molecule has 0 spiro atoms. The van der Waals surface area contributed by atoms with E-state index in [2.05, 4.69) is 38.7 Å².